The molecule has 0 N–H and O–H groups in total. The summed E-state index contributed by atoms with van der Waals surface area (Å²) in [4.78, 5) is 30.0. The Balaban J connectivity index is 1.81. The molecule has 0 aliphatic carbocycles. The highest BCUT2D eigenvalue weighted by Gasteiger charge is 2.34. The summed E-state index contributed by atoms with van der Waals surface area (Å²) in [6, 6.07) is 13.1. The maximum absolute atomic E-state index is 12.3. The fourth-order valence-electron chi connectivity index (χ4n) is 2.01. The lowest BCUT2D eigenvalue weighted by Crippen LogP contribution is -2.27. The number of hydrogen-bond acceptors (Lipinski definition) is 4. The molecular formula is C16H12N2O2S. The number of rotatable bonds is 3. The standard InChI is InChI=1S/C16H12N2O2S/c19-15-14(10-12-6-8-17-9-7-12)21-16(20)18(15)11-13-4-2-1-3-5-13/h1-10H,11H2. The highest BCUT2D eigenvalue weighted by atomic mass is 32.2. The monoisotopic (exact) mass is 296 g/mol. The van der Waals surface area contributed by atoms with E-state index < -0.39 is 0 Å². The molecule has 0 atom stereocenters. The molecule has 0 radical (unpaired) electrons. The first-order valence-electron chi connectivity index (χ1n) is 6.43. The van der Waals surface area contributed by atoms with Crippen LogP contribution in [0.4, 0.5) is 4.79 Å². The molecule has 0 unspecified atom stereocenters. The van der Waals surface area contributed by atoms with Crippen molar-refractivity contribution in [2.24, 2.45) is 0 Å². The van der Waals surface area contributed by atoms with Gasteiger partial charge in [-0.2, -0.15) is 0 Å². The number of pyridine rings is 1. The molecule has 0 spiro atoms. The molecule has 3 rings (SSSR count). The molecule has 1 fully saturated rings. The summed E-state index contributed by atoms with van der Waals surface area (Å²) in [6.07, 6.45) is 5.03. The van der Waals surface area contributed by atoms with E-state index in [1.54, 1.807) is 30.6 Å². The predicted molar refractivity (Wildman–Crippen MR) is 82.2 cm³/mol. The quantitative estimate of drug-likeness (QED) is 0.815. The lowest BCUT2D eigenvalue weighted by atomic mass is 10.2. The van der Waals surface area contributed by atoms with Crippen LogP contribution in [0.1, 0.15) is 11.1 Å². The van der Waals surface area contributed by atoms with E-state index in [0.717, 1.165) is 22.9 Å². The third-order valence-corrected chi connectivity index (χ3v) is 3.97. The molecule has 1 aliphatic rings. The van der Waals surface area contributed by atoms with Gasteiger partial charge in [-0.05, 0) is 41.1 Å². The number of carbonyl (C=O) groups is 2. The van der Waals surface area contributed by atoms with E-state index in [2.05, 4.69) is 4.98 Å². The highest BCUT2D eigenvalue weighted by molar-refractivity contribution is 8.18. The van der Waals surface area contributed by atoms with Crippen molar-refractivity contribution in [1.29, 1.82) is 0 Å². The summed E-state index contributed by atoms with van der Waals surface area (Å²) < 4.78 is 0. The van der Waals surface area contributed by atoms with Gasteiger partial charge in [0.15, 0.2) is 0 Å². The minimum absolute atomic E-state index is 0.232. The lowest BCUT2D eigenvalue weighted by molar-refractivity contribution is -0.123. The van der Waals surface area contributed by atoms with E-state index in [4.69, 9.17) is 0 Å². The molecule has 0 saturated carbocycles. The summed E-state index contributed by atoms with van der Waals surface area (Å²) in [7, 11) is 0. The Morgan fingerprint density at radius 2 is 1.76 bits per heavy atom. The van der Waals surface area contributed by atoms with Crippen LogP contribution in [-0.4, -0.2) is 21.0 Å². The van der Waals surface area contributed by atoms with Gasteiger partial charge in [-0.15, -0.1) is 0 Å². The van der Waals surface area contributed by atoms with Gasteiger partial charge in [0.05, 0.1) is 11.4 Å². The Bertz CT molecular complexity index is 699. The number of thioether (sulfide) groups is 1. The van der Waals surface area contributed by atoms with Gasteiger partial charge in [0, 0.05) is 12.4 Å². The van der Waals surface area contributed by atoms with Crippen LogP contribution in [0.15, 0.2) is 59.8 Å². The summed E-state index contributed by atoms with van der Waals surface area (Å²) in [5.74, 6) is -0.245. The van der Waals surface area contributed by atoms with Gasteiger partial charge < -0.3 is 0 Å². The Morgan fingerprint density at radius 3 is 2.48 bits per heavy atom. The summed E-state index contributed by atoms with van der Waals surface area (Å²) in [6.45, 7) is 0.305. The van der Waals surface area contributed by atoms with Crippen LogP contribution in [0.2, 0.25) is 0 Å². The average molecular weight is 296 g/mol. The normalized spacial score (nSPS) is 16.8. The molecule has 1 aromatic heterocycles. The second-order valence-corrected chi connectivity index (χ2v) is 5.53. The molecule has 2 amide bonds. The minimum Gasteiger partial charge on any atom is -0.268 e. The van der Waals surface area contributed by atoms with E-state index in [1.807, 2.05) is 30.3 Å². The van der Waals surface area contributed by atoms with Gasteiger partial charge in [0.2, 0.25) is 0 Å². The smallest absolute Gasteiger partial charge is 0.268 e. The zero-order chi connectivity index (χ0) is 14.7. The number of imide groups is 1. The third kappa shape index (κ3) is 3.03. The Labute approximate surface area is 126 Å². The van der Waals surface area contributed by atoms with Gasteiger partial charge in [-0.25, -0.2) is 0 Å². The molecule has 0 bridgehead atoms. The first-order chi connectivity index (χ1) is 10.2. The Hall–Kier alpha value is -2.40. The Morgan fingerprint density at radius 1 is 1.05 bits per heavy atom. The topological polar surface area (TPSA) is 50.3 Å². The van der Waals surface area contributed by atoms with E-state index in [9.17, 15) is 9.59 Å². The molecule has 1 aliphatic heterocycles. The van der Waals surface area contributed by atoms with Gasteiger partial charge in [-0.1, -0.05) is 30.3 Å². The zero-order valence-corrected chi connectivity index (χ0v) is 11.9. The predicted octanol–water partition coefficient (Wildman–Crippen LogP) is 3.32. The maximum Gasteiger partial charge on any atom is 0.293 e. The molecule has 1 aromatic carbocycles. The molecule has 21 heavy (non-hydrogen) atoms. The molecule has 1 saturated heterocycles. The van der Waals surface area contributed by atoms with E-state index >= 15 is 0 Å². The number of carbonyl (C=O) groups excluding carboxylic acids is 2. The van der Waals surface area contributed by atoms with Gasteiger partial charge in [0.1, 0.15) is 0 Å². The number of nitrogens with zero attached hydrogens (tertiary/aromatic N) is 2. The van der Waals surface area contributed by atoms with Crippen molar-refractivity contribution in [3.05, 3.63) is 70.9 Å². The average Bonchev–Trinajstić information content (AvgIpc) is 2.77. The van der Waals surface area contributed by atoms with Crippen LogP contribution in [0, 0.1) is 0 Å². The fourth-order valence-corrected chi connectivity index (χ4v) is 2.85. The molecule has 2 heterocycles. The summed E-state index contributed by atoms with van der Waals surface area (Å²) in [5.41, 5.74) is 1.79. The Kier molecular flexibility index (Phi) is 3.83. The fraction of sp³-hybridized carbons (Fsp3) is 0.0625. The van der Waals surface area contributed by atoms with Crippen LogP contribution in [0.3, 0.4) is 0 Å². The van der Waals surface area contributed by atoms with Crippen LogP contribution in [0.5, 0.6) is 0 Å². The molecule has 4 nitrogen and oxygen atoms in total. The number of benzene rings is 1. The van der Waals surface area contributed by atoms with Gasteiger partial charge in [-0.3, -0.25) is 19.5 Å². The zero-order valence-electron chi connectivity index (χ0n) is 11.1. The first-order valence-corrected chi connectivity index (χ1v) is 7.25. The number of aromatic nitrogens is 1. The highest BCUT2D eigenvalue weighted by Crippen LogP contribution is 2.33. The second kappa shape index (κ2) is 5.93. The van der Waals surface area contributed by atoms with E-state index in [0.29, 0.717) is 11.4 Å². The van der Waals surface area contributed by atoms with Crippen molar-refractivity contribution >= 4 is 29.0 Å². The second-order valence-electron chi connectivity index (χ2n) is 4.53. The largest absolute Gasteiger partial charge is 0.293 e. The van der Waals surface area contributed by atoms with Crippen LogP contribution in [0.25, 0.3) is 6.08 Å². The van der Waals surface area contributed by atoms with Crippen molar-refractivity contribution in [2.75, 3.05) is 0 Å². The number of hydrogen-bond donors (Lipinski definition) is 0. The molecule has 2 aromatic rings. The van der Waals surface area contributed by atoms with Gasteiger partial charge >= 0.3 is 0 Å². The van der Waals surface area contributed by atoms with Crippen molar-refractivity contribution in [3.8, 4) is 0 Å². The summed E-state index contributed by atoms with van der Waals surface area (Å²) >= 11 is 0.974. The first kappa shape index (κ1) is 13.6. The lowest BCUT2D eigenvalue weighted by Gasteiger charge is -2.12. The molecule has 104 valence electrons. The van der Waals surface area contributed by atoms with E-state index in [1.165, 1.54) is 4.90 Å². The summed E-state index contributed by atoms with van der Waals surface area (Å²) in [5, 5.41) is -0.232. The van der Waals surface area contributed by atoms with Crippen LogP contribution in [-0.2, 0) is 11.3 Å². The van der Waals surface area contributed by atoms with Crippen molar-refractivity contribution in [1.82, 2.24) is 9.88 Å². The van der Waals surface area contributed by atoms with Gasteiger partial charge in [0.25, 0.3) is 11.1 Å². The van der Waals surface area contributed by atoms with Crippen molar-refractivity contribution in [3.63, 3.8) is 0 Å². The number of amides is 2. The van der Waals surface area contributed by atoms with Crippen molar-refractivity contribution < 1.29 is 9.59 Å². The van der Waals surface area contributed by atoms with Crippen LogP contribution >= 0.6 is 11.8 Å². The maximum atomic E-state index is 12.3. The minimum atomic E-state index is -0.245. The van der Waals surface area contributed by atoms with Crippen LogP contribution < -0.4 is 0 Å². The SMILES string of the molecule is O=C1SC(=Cc2ccncc2)C(=O)N1Cc1ccccc1. The van der Waals surface area contributed by atoms with Crippen molar-refractivity contribution in [2.45, 2.75) is 6.54 Å². The third-order valence-electron chi connectivity index (χ3n) is 3.06. The molecule has 5 heteroatoms. The van der Waals surface area contributed by atoms with E-state index in [-0.39, 0.29) is 11.1 Å². The molecular weight excluding hydrogens is 284 g/mol.